The first-order valence-electron chi connectivity index (χ1n) is 6.33. The summed E-state index contributed by atoms with van der Waals surface area (Å²) in [6.07, 6.45) is 3.87. The Hall–Kier alpha value is -1.56. The van der Waals surface area contributed by atoms with Crippen LogP contribution in [-0.4, -0.2) is 35.9 Å². The summed E-state index contributed by atoms with van der Waals surface area (Å²) in [4.78, 5) is 4.47. The quantitative estimate of drug-likeness (QED) is 0.854. The van der Waals surface area contributed by atoms with Gasteiger partial charge in [0, 0.05) is 12.6 Å². The van der Waals surface area contributed by atoms with E-state index in [1.807, 2.05) is 28.8 Å². The standard InChI is InChI=1S/C13H16N2O3S/c1-18-13-6-2-5-12-14-10(9-15(12)13)8-11-4-3-7-19(11,16)17/h2,5-6,9,11H,3-4,7-8H2,1H3. The average molecular weight is 280 g/mol. The predicted molar refractivity (Wildman–Crippen MR) is 72.3 cm³/mol. The number of imidazole rings is 1. The average Bonchev–Trinajstić information content (AvgIpc) is 2.92. The number of hydrogen-bond acceptors (Lipinski definition) is 4. The molecule has 2 aromatic rings. The van der Waals surface area contributed by atoms with Gasteiger partial charge >= 0.3 is 0 Å². The molecule has 0 bridgehead atoms. The molecule has 1 aliphatic rings. The molecule has 1 aliphatic heterocycles. The lowest BCUT2D eigenvalue weighted by atomic mass is 10.2. The van der Waals surface area contributed by atoms with Crippen LogP contribution in [0.2, 0.25) is 0 Å². The van der Waals surface area contributed by atoms with Gasteiger partial charge in [-0.3, -0.25) is 4.40 Å². The largest absolute Gasteiger partial charge is 0.482 e. The SMILES string of the molecule is COc1cccc2nc(CC3CCCS3(=O)=O)cn12. The van der Waals surface area contributed by atoms with Crippen molar-refractivity contribution in [3.8, 4) is 5.88 Å². The zero-order valence-corrected chi connectivity index (χ0v) is 11.6. The molecular formula is C13H16N2O3S. The summed E-state index contributed by atoms with van der Waals surface area (Å²) < 4.78 is 30.8. The van der Waals surface area contributed by atoms with Crippen LogP contribution < -0.4 is 4.74 Å². The van der Waals surface area contributed by atoms with Crippen LogP contribution in [0.25, 0.3) is 5.65 Å². The van der Waals surface area contributed by atoms with E-state index in [2.05, 4.69) is 4.98 Å². The summed E-state index contributed by atoms with van der Waals surface area (Å²) in [5, 5.41) is -0.275. The highest BCUT2D eigenvalue weighted by Gasteiger charge is 2.31. The first-order chi connectivity index (χ1) is 9.10. The molecular weight excluding hydrogens is 264 g/mol. The van der Waals surface area contributed by atoms with Crippen LogP contribution in [0.4, 0.5) is 0 Å². The molecule has 0 N–H and O–H groups in total. The van der Waals surface area contributed by atoms with E-state index in [-0.39, 0.29) is 5.25 Å². The lowest BCUT2D eigenvalue weighted by Gasteiger charge is -2.05. The van der Waals surface area contributed by atoms with Crippen LogP contribution in [-0.2, 0) is 16.3 Å². The maximum atomic E-state index is 11.8. The van der Waals surface area contributed by atoms with Gasteiger partial charge in [-0.2, -0.15) is 0 Å². The first kappa shape index (κ1) is 12.5. The molecule has 0 aromatic carbocycles. The maximum Gasteiger partial charge on any atom is 0.198 e. The summed E-state index contributed by atoms with van der Waals surface area (Å²) >= 11 is 0. The molecule has 0 amide bonds. The lowest BCUT2D eigenvalue weighted by Crippen LogP contribution is -2.18. The van der Waals surface area contributed by atoms with E-state index in [1.54, 1.807) is 7.11 Å². The van der Waals surface area contributed by atoms with Crippen molar-refractivity contribution in [1.29, 1.82) is 0 Å². The molecule has 6 heteroatoms. The summed E-state index contributed by atoms with van der Waals surface area (Å²) in [5.74, 6) is 1.01. The fraction of sp³-hybridized carbons (Fsp3) is 0.462. The fourth-order valence-electron chi connectivity index (χ4n) is 2.62. The minimum absolute atomic E-state index is 0.275. The van der Waals surface area contributed by atoms with Gasteiger partial charge in [-0.1, -0.05) is 6.07 Å². The van der Waals surface area contributed by atoms with E-state index < -0.39 is 9.84 Å². The van der Waals surface area contributed by atoms with E-state index in [4.69, 9.17) is 4.74 Å². The molecule has 102 valence electrons. The number of nitrogens with zero attached hydrogens (tertiary/aromatic N) is 2. The fourth-order valence-corrected chi connectivity index (χ4v) is 4.47. The van der Waals surface area contributed by atoms with Crippen LogP contribution in [0.15, 0.2) is 24.4 Å². The summed E-state index contributed by atoms with van der Waals surface area (Å²) in [5.41, 5.74) is 1.59. The minimum Gasteiger partial charge on any atom is -0.482 e. The highest BCUT2D eigenvalue weighted by atomic mass is 32.2. The molecule has 1 saturated heterocycles. The summed E-state index contributed by atoms with van der Waals surface area (Å²) in [6, 6.07) is 5.61. The van der Waals surface area contributed by atoms with Gasteiger partial charge in [-0.05, 0) is 25.0 Å². The van der Waals surface area contributed by atoms with Crippen molar-refractivity contribution in [2.24, 2.45) is 0 Å². The van der Waals surface area contributed by atoms with Crippen molar-refractivity contribution >= 4 is 15.5 Å². The van der Waals surface area contributed by atoms with Crippen LogP contribution in [0.5, 0.6) is 5.88 Å². The molecule has 2 aromatic heterocycles. The molecule has 5 nitrogen and oxygen atoms in total. The van der Waals surface area contributed by atoms with Crippen molar-refractivity contribution < 1.29 is 13.2 Å². The minimum atomic E-state index is -2.92. The number of ether oxygens (including phenoxy) is 1. The monoisotopic (exact) mass is 280 g/mol. The van der Waals surface area contributed by atoms with E-state index in [9.17, 15) is 8.42 Å². The number of fused-ring (bicyclic) bond motifs is 1. The number of hydrogen-bond donors (Lipinski definition) is 0. The van der Waals surface area contributed by atoms with Crippen molar-refractivity contribution in [3.05, 3.63) is 30.1 Å². The number of rotatable bonds is 3. The molecule has 0 aliphatic carbocycles. The Morgan fingerprint density at radius 1 is 1.47 bits per heavy atom. The Labute approximate surface area is 112 Å². The summed E-state index contributed by atoms with van der Waals surface area (Å²) in [6.45, 7) is 0. The van der Waals surface area contributed by atoms with Gasteiger partial charge in [0.2, 0.25) is 0 Å². The van der Waals surface area contributed by atoms with Gasteiger partial charge in [0.05, 0.1) is 23.8 Å². The van der Waals surface area contributed by atoms with Crippen molar-refractivity contribution in [2.75, 3.05) is 12.9 Å². The molecule has 0 radical (unpaired) electrons. The molecule has 1 atom stereocenters. The highest BCUT2D eigenvalue weighted by Crippen LogP contribution is 2.24. The number of sulfone groups is 1. The second-order valence-electron chi connectivity index (χ2n) is 4.86. The number of methoxy groups -OCH3 is 1. The van der Waals surface area contributed by atoms with Gasteiger partial charge in [0.25, 0.3) is 0 Å². The Morgan fingerprint density at radius 2 is 2.32 bits per heavy atom. The zero-order valence-electron chi connectivity index (χ0n) is 10.7. The van der Waals surface area contributed by atoms with Crippen molar-refractivity contribution in [2.45, 2.75) is 24.5 Å². The van der Waals surface area contributed by atoms with Gasteiger partial charge in [-0.15, -0.1) is 0 Å². The van der Waals surface area contributed by atoms with Crippen molar-refractivity contribution in [1.82, 2.24) is 9.38 Å². The Morgan fingerprint density at radius 3 is 3.00 bits per heavy atom. The number of pyridine rings is 1. The lowest BCUT2D eigenvalue weighted by molar-refractivity contribution is 0.392. The topological polar surface area (TPSA) is 60.7 Å². The normalized spacial score (nSPS) is 21.8. The van der Waals surface area contributed by atoms with Crippen LogP contribution in [0.1, 0.15) is 18.5 Å². The van der Waals surface area contributed by atoms with E-state index in [0.29, 0.717) is 18.1 Å². The first-order valence-corrected chi connectivity index (χ1v) is 8.04. The third-order valence-electron chi connectivity index (χ3n) is 3.61. The van der Waals surface area contributed by atoms with Gasteiger partial charge in [0.1, 0.15) is 5.65 Å². The third kappa shape index (κ3) is 2.20. The molecule has 1 fully saturated rings. The Bertz CT molecular complexity index is 706. The predicted octanol–water partition coefficient (Wildman–Crippen LogP) is 1.46. The van der Waals surface area contributed by atoms with Gasteiger partial charge in [0.15, 0.2) is 15.7 Å². The van der Waals surface area contributed by atoms with Gasteiger partial charge in [-0.25, -0.2) is 13.4 Å². The molecule has 1 unspecified atom stereocenters. The van der Waals surface area contributed by atoms with Crippen LogP contribution in [0.3, 0.4) is 0 Å². The van der Waals surface area contributed by atoms with Crippen LogP contribution >= 0.6 is 0 Å². The van der Waals surface area contributed by atoms with Crippen molar-refractivity contribution in [3.63, 3.8) is 0 Å². The maximum absolute atomic E-state index is 11.8. The Balaban J connectivity index is 1.94. The van der Waals surface area contributed by atoms with Gasteiger partial charge < -0.3 is 4.74 Å². The van der Waals surface area contributed by atoms with E-state index in [0.717, 1.165) is 24.2 Å². The molecule has 3 rings (SSSR count). The molecule has 19 heavy (non-hydrogen) atoms. The highest BCUT2D eigenvalue weighted by molar-refractivity contribution is 7.92. The van der Waals surface area contributed by atoms with E-state index >= 15 is 0 Å². The second kappa shape index (κ2) is 4.52. The van der Waals surface area contributed by atoms with Crippen LogP contribution in [0, 0.1) is 0 Å². The molecule has 0 saturated carbocycles. The third-order valence-corrected chi connectivity index (χ3v) is 5.89. The van der Waals surface area contributed by atoms with E-state index in [1.165, 1.54) is 0 Å². The smallest absolute Gasteiger partial charge is 0.198 e. The molecule has 0 spiro atoms. The second-order valence-corrected chi connectivity index (χ2v) is 7.26. The summed E-state index contributed by atoms with van der Waals surface area (Å²) in [7, 11) is -1.31. The number of aromatic nitrogens is 2. The Kier molecular flexibility index (Phi) is 2.97. The molecule has 3 heterocycles. The zero-order chi connectivity index (χ0) is 13.5.